The average Bonchev–Trinajstić information content (AvgIpc) is 2.32. The quantitative estimate of drug-likeness (QED) is 0.887. The molecule has 0 aromatic heterocycles. The van der Waals surface area contributed by atoms with Crippen LogP contribution in [0.5, 0.6) is 0 Å². The van der Waals surface area contributed by atoms with E-state index in [4.69, 9.17) is 4.74 Å². The van der Waals surface area contributed by atoms with Crippen molar-refractivity contribution in [2.45, 2.75) is 64.7 Å². The SMILES string of the molecule is CCNC1c2ccccc2C(C)CC1OC(C)(C)C. The van der Waals surface area contributed by atoms with Crippen molar-refractivity contribution >= 4 is 0 Å². The van der Waals surface area contributed by atoms with Gasteiger partial charge in [-0.3, -0.25) is 0 Å². The van der Waals surface area contributed by atoms with Gasteiger partial charge < -0.3 is 10.1 Å². The van der Waals surface area contributed by atoms with Crippen LogP contribution in [0.3, 0.4) is 0 Å². The summed E-state index contributed by atoms with van der Waals surface area (Å²) in [6, 6.07) is 9.10. The third-order valence-corrected chi connectivity index (χ3v) is 3.75. The molecule has 106 valence electrons. The summed E-state index contributed by atoms with van der Waals surface area (Å²) >= 11 is 0. The molecule has 0 spiro atoms. The Bertz CT molecular complexity index is 422. The van der Waals surface area contributed by atoms with Gasteiger partial charge in [-0.2, -0.15) is 0 Å². The van der Waals surface area contributed by atoms with Crippen molar-refractivity contribution in [1.82, 2.24) is 5.32 Å². The zero-order valence-corrected chi connectivity index (χ0v) is 12.9. The molecule has 19 heavy (non-hydrogen) atoms. The van der Waals surface area contributed by atoms with Crippen molar-refractivity contribution < 1.29 is 4.74 Å². The Hall–Kier alpha value is -0.860. The summed E-state index contributed by atoms with van der Waals surface area (Å²) < 4.78 is 6.31. The Kier molecular flexibility index (Phi) is 4.32. The van der Waals surface area contributed by atoms with Gasteiger partial charge in [0.25, 0.3) is 0 Å². The smallest absolute Gasteiger partial charge is 0.0782 e. The molecule has 3 atom stereocenters. The Labute approximate surface area is 117 Å². The zero-order valence-electron chi connectivity index (χ0n) is 12.9. The fraction of sp³-hybridized carbons (Fsp3) is 0.647. The van der Waals surface area contributed by atoms with Crippen LogP contribution in [-0.2, 0) is 4.74 Å². The first-order valence-corrected chi connectivity index (χ1v) is 7.42. The molecule has 1 aliphatic rings. The summed E-state index contributed by atoms with van der Waals surface area (Å²) in [5.74, 6) is 0.568. The van der Waals surface area contributed by atoms with Crippen molar-refractivity contribution in [3.63, 3.8) is 0 Å². The molecule has 1 aromatic rings. The molecule has 0 radical (unpaired) electrons. The lowest BCUT2D eigenvalue weighted by Crippen LogP contribution is -2.42. The number of nitrogens with one attached hydrogen (secondary N) is 1. The summed E-state index contributed by atoms with van der Waals surface area (Å²) in [4.78, 5) is 0. The highest BCUT2D eigenvalue weighted by molar-refractivity contribution is 5.36. The van der Waals surface area contributed by atoms with Crippen LogP contribution in [0.1, 0.15) is 64.1 Å². The van der Waals surface area contributed by atoms with E-state index in [2.05, 4.69) is 64.2 Å². The molecule has 1 aliphatic carbocycles. The molecule has 2 rings (SSSR count). The van der Waals surface area contributed by atoms with Gasteiger partial charge in [0.1, 0.15) is 0 Å². The first-order valence-electron chi connectivity index (χ1n) is 7.42. The monoisotopic (exact) mass is 261 g/mol. The highest BCUT2D eigenvalue weighted by Crippen LogP contribution is 2.40. The van der Waals surface area contributed by atoms with Gasteiger partial charge in [-0.1, -0.05) is 38.1 Å². The lowest BCUT2D eigenvalue weighted by molar-refractivity contribution is -0.0842. The third-order valence-electron chi connectivity index (χ3n) is 3.75. The van der Waals surface area contributed by atoms with E-state index in [0.29, 0.717) is 12.0 Å². The Morgan fingerprint density at radius 2 is 1.84 bits per heavy atom. The summed E-state index contributed by atoms with van der Waals surface area (Å²) in [5, 5.41) is 3.61. The van der Waals surface area contributed by atoms with Crippen LogP contribution >= 0.6 is 0 Å². The molecule has 3 unspecified atom stereocenters. The van der Waals surface area contributed by atoms with Crippen LogP contribution < -0.4 is 5.32 Å². The van der Waals surface area contributed by atoms with E-state index < -0.39 is 0 Å². The van der Waals surface area contributed by atoms with E-state index >= 15 is 0 Å². The van der Waals surface area contributed by atoms with Crippen LogP contribution in [-0.4, -0.2) is 18.2 Å². The molecular formula is C17H27NO. The summed E-state index contributed by atoms with van der Waals surface area (Å²) in [6.07, 6.45) is 1.34. The molecule has 0 aliphatic heterocycles. The number of hydrogen-bond donors (Lipinski definition) is 1. The molecule has 2 nitrogen and oxygen atoms in total. The summed E-state index contributed by atoms with van der Waals surface area (Å²) in [5.41, 5.74) is 2.80. The molecule has 0 saturated carbocycles. The predicted molar refractivity (Wildman–Crippen MR) is 80.5 cm³/mol. The average molecular weight is 261 g/mol. The van der Waals surface area contributed by atoms with Crippen molar-refractivity contribution in [3.8, 4) is 0 Å². The highest BCUT2D eigenvalue weighted by Gasteiger charge is 2.35. The van der Waals surface area contributed by atoms with Gasteiger partial charge in [-0.25, -0.2) is 0 Å². The molecule has 0 fully saturated rings. The molecule has 0 heterocycles. The Balaban J connectivity index is 2.32. The van der Waals surface area contributed by atoms with Crippen LogP contribution in [0.4, 0.5) is 0 Å². The van der Waals surface area contributed by atoms with Crippen LogP contribution in [0.2, 0.25) is 0 Å². The molecule has 2 heteroatoms. The van der Waals surface area contributed by atoms with E-state index in [1.807, 2.05) is 0 Å². The van der Waals surface area contributed by atoms with Crippen molar-refractivity contribution in [3.05, 3.63) is 35.4 Å². The van der Waals surface area contributed by atoms with Gasteiger partial charge in [-0.05, 0) is 50.8 Å². The second-order valence-electron chi connectivity index (χ2n) is 6.57. The van der Waals surface area contributed by atoms with Gasteiger partial charge in [0, 0.05) is 0 Å². The van der Waals surface area contributed by atoms with Gasteiger partial charge >= 0.3 is 0 Å². The van der Waals surface area contributed by atoms with E-state index in [9.17, 15) is 0 Å². The summed E-state index contributed by atoms with van der Waals surface area (Å²) in [7, 11) is 0. The lowest BCUT2D eigenvalue weighted by atomic mass is 9.79. The molecule has 0 amide bonds. The summed E-state index contributed by atoms with van der Waals surface area (Å²) in [6.45, 7) is 11.9. The molecule has 1 N–H and O–H groups in total. The van der Waals surface area contributed by atoms with E-state index in [1.54, 1.807) is 0 Å². The maximum atomic E-state index is 6.31. The molecular weight excluding hydrogens is 234 g/mol. The van der Waals surface area contributed by atoms with Gasteiger partial charge in [0.2, 0.25) is 0 Å². The van der Waals surface area contributed by atoms with Crippen molar-refractivity contribution in [1.29, 1.82) is 0 Å². The second kappa shape index (κ2) is 5.64. The topological polar surface area (TPSA) is 21.3 Å². The Morgan fingerprint density at radius 1 is 1.21 bits per heavy atom. The first kappa shape index (κ1) is 14.5. The normalized spacial score (nSPS) is 27.1. The predicted octanol–water partition coefficient (Wildman–Crippen LogP) is 4.03. The largest absolute Gasteiger partial charge is 0.371 e. The molecule has 0 saturated heterocycles. The number of fused-ring (bicyclic) bond motifs is 1. The first-order chi connectivity index (χ1) is 8.92. The Morgan fingerprint density at radius 3 is 2.42 bits per heavy atom. The third kappa shape index (κ3) is 3.37. The van der Waals surface area contributed by atoms with E-state index in [1.165, 1.54) is 11.1 Å². The molecule has 0 bridgehead atoms. The maximum Gasteiger partial charge on any atom is 0.0782 e. The standard InChI is InChI=1S/C17H27NO/c1-6-18-16-14-10-8-7-9-13(14)12(2)11-15(16)19-17(3,4)5/h7-10,12,15-16,18H,6,11H2,1-5H3. The van der Waals surface area contributed by atoms with Gasteiger partial charge in [-0.15, -0.1) is 0 Å². The number of likely N-dealkylation sites (N-methyl/N-ethyl adjacent to an activating group) is 1. The van der Waals surface area contributed by atoms with Crippen molar-refractivity contribution in [2.24, 2.45) is 0 Å². The fourth-order valence-corrected chi connectivity index (χ4v) is 3.09. The second-order valence-corrected chi connectivity index (χ2v) is 6.57. The number of benzene rings is 1. The minimum atomic E-state index is -0.0929. The maximum absolute atomic E-state index is 6.31. The van der Waals surface area contributed by atoms with E-state index in [-0.39, 0.29) is 11.7 Å². The van der Waals surface area contributed by atoms with Gasteiger partial charge in [0.05, 0.1) is 17.7 Å². The van der Waals surface area contributed by atoms with Crippen LogP contribution in [0, 0.1) is 0 Å². The lowest BCUT2D eigenvalue weighted by Gasteiger charge is -2.40. The van der Waals surface area contributed by atoms with Crippen LogP contribution in [0.15, 0.2) is 24.3 Å². The van der Waals surface area contributed by atoms with Crippen molar-refractivity contribution in [2.75, 3.05) is 6.54 Å². The van der Waals surface area contributed by atoms with Crippen LogP contribution in [0.25, 0.3) is 0 Å². The van der Waals surface area contributed by atoms with E-state index in [0.717, 1.165) is 13.0 Å². The fourth-order valence-electron chi connectivity index (χ4n) is 3.09. The number of rotatable bonds is 3. The number of ether oxygens (including phenoxy) is 1. The highest BCUT2D eigenvalue weighted by atomic mass is 16.5. The minimum absolute atomic E-state index is 0.0929. The number of hydrogen-bond acceptors (Lipinski definition) is 2. The minimum Gasteiger partial charge on any atom is -0.371 e. The van der Waals surface area contributed by atoms with Gasteiger partial charge in [0.15, 0.2) is 0 Å². The molecule has 1 aromatic carbocycles. The zero-order chi connectivity index (χ0) is 14.0.